The van der Waals surface area contributed by atoms with Crippen LogP contribution < -0.4 is 5.32 Å². The molecule has 0 atom stereocenters. The zero-order valence-electron chi connectivity index (χ0n) is 18.2. The maximum absolute atomic E-state index is 12.8. The molecule has 4 rings (SSSR count). The molecule has 0 unspecified atom stereocenters. The van der Waals surface area contributed by atoms with Gasteiger partial charge in [-0.25, -0.2) is 14.8 Å². The van der Waals surface area contributed by atoms with Gasteiger partial charge in [0.2, 0.25) is 0 Å². The normalized spacial score (nSPS) is 10.9. The number of ether oxygens (including phenoxy) is 1. The van der Waals surface area contributed by atoms with Crippen molar-refractivity contribution in [2.75, 3.05) is 11.9 Å². The van der Waals surface area contributed by atoms with E-state index in [1.54, 1.807) is 6.92 Å². The molecular formula is C23H22N6O3. The Labute approximate surface area is 184 Å². The number of fused-ring (bicyclic) bond motifs is 1. The van der Waals surface area contributed by atoms with E-state index < -0.39 is 11.9 Å². The molecule has 0 bridgehead atoms. The predicted molar refractivity (Wildman–Crippen MR) is 119 cm³/mol. The molecule has 1 N–H and O–H groups in total. The average molecular weight is 430 g/mol. The van der Waals surface area contributed by atoms with Crippen LogP contribution in [0.4, 0.5) is 5.82 Å². The van der Waals surface area contributed by atoms with Crippen LogP contribution in [0.15, 0.2) is 43.0 Å². The molecule has 32 heavy (non-hydrogen) atoms. The summed E-state index contributed by atoms with van der Waals surface area (Å²) in [6.07, 6.45) is 5.58. The summed E-state index contributed by atoms with van der Waals surface area (Å²) in [6.45, 7) is 7.92. The van der Waals surface area contributed by atoms with Gasteiger partial charge in [-0.05, 0) is 51.0 Å². The van der Waals surface area contributed by atoms with Gasteiger partial charge >= 0.3 is 5.97 Å². The number of hydrogen-bond acceptors (Lipinski definition) is 7. The molecular weight excluding hydrogens is 408 g/mol. The van der Waals surface area contributed by atoms with E-state index in [0.29, 0.717) is 5.82 Å². The Bertz CT molecular complexity index is 1330. The number of amides is 1. The van der Waals surface area contributed by atoms with Crippen molar-refractivity contribution in [3.8, 4) is 5.82 Å². The minimum atomic E-state index is -0.600. The van der Waals surface area contributed by atoms with Gasteiger partial charge in [0.1, 0.15) is 11.3 Å². The number of nitrogens with zero attached hydrogens (tertiary/aromatic N) is 5. The maximum Gasteiger partial charge on any atom is 0.343 e. The number of pyridine rings is 1. The first-order valence-electron chi connectivity index (χ1n) is 10.1. The van der Waals surface area contributed by atoms with Crippen LogP contribution in [0.1, 0.15) is 44.5 Å². The minimum absolute atomic E-state index is 0.101. The van der Waals surface area contributed by atoms with Crippen molar-refractivity contribution in [2.24, 2.45) is 0 Å². The fraction of sp³-hybridized carbons (Fsp3) is 0.217. The third-order valence-corrected chi connectivity index (χ3v) is 4.95. The first kappa shape index (κ1) is 21.1. The average Bonchev–Trinajstić information content (AvgIpc) is 3.18. The molecule has 0 saturated carbocycles. The highest BCUT2D eigenvalue weighted by Gasteiger charge is 2.23. The van der Waals surface area contributed by atoms with Crippen molar-refractivity contribution in [3.05, 3.63) is 70.9 Å². The van der Waals surface area contributed by atoms with Crippen LogP contribution in [-0.2, 0) is 4.74 Å². The van der Waals surface area contributed by atoms with Gasteiger partial charge in [0, 0.05) is 17.8 Å². The monoisotopic (exact) mass is 430 g/mol. The summed E-state index contributed by atoms with van der Waals surface area (Å²) in [4.78, 5) is 38.0. The SMILES string of the molecule is CCOC(=O)c1cnn(-c2cc(C)c3cc(C)cc(C)c3n2)c1NC(=O)c1cnccn1. The molecule has 3 aromatic heterocycles. The molecule has 4 aromatic rings. The lowest BCUT2D eigenvalue weighted by Crippen LogP contribution is -2.19. The Hall–Kier alpha value is -4.14. The Kier molecular flexibility index (Phi) is 5.63. The zero-order chi connectivity index (χ0) is 22.8. The number of anilines is 1. The first-order valence-corrected chi connectivity index (χ1v) is 10.1. The highest BCUT2D eigenvalue weighted by atomic mass is 16.5. The van der Waals surface area contributed by atoms with Crippen molar-refractivity contribution in [1.82, 2.24) is 24.7 Å². The summed E-state index contributed by atoms with van der Waals surface area (Å²) in [5, 5.41) is 8.09. The number of hydrogen-bond donors (Lipinski definition) is 1. The van der Waals surface area contributed by atoms with Gasteiger partial charge in [-0.2, -0.15) is 9.78 Å². The van der Waals surface area contributed by atoms with Crippen LogP contribution in [0.2, 0.25) is 0 Å². The Morgan fingerprint density at radius 1 is 1.06 bits per heavy atom. The van der Waals surface area contributed by atoms with Crippen LogP contribution >= 0.6 is 0 Å². The predicted octanol–water partition coefficient (Wildman–Crippen LogP) is 3.56. The second-order valence-electron chi connectivity index (χ2n) is 7.36. The maximum atomic E-state index is 12.8. The first-order chi connectivity index (χ1) is 15.4. The zero-order valence-corrected chi connectivity index (χ0v) is 18.2. The molecule has 1 amide bonds. The second-order valence-corrected chi connectivity index (χ2v) is 7.36. The van der Waals surface area contributed by atoms with Crippen LogP contribution in [0.5, 0.6) is 0 Å². The van der Waals surface area contributed by atoms with Crippen molar-refractivity contribution in [3.63, 3.8) is 0 Å². The Morgan fingerprint density at radius 2 is 1.88 bits per heavy atom. The fourth-order valence-corrected chi connectivity index (χ4v) is 3.52. The number of carbonyl (C=O) groups excluding carboxylic acids is 2. The lowest BCUT2D eigenvalue weighted by Gasteiger charge is -2.13. The van der Waals surface area contributed by atoms with Gasteiger partial charge in [-0.15, -0.1) is 0 Å². The number of carbonyl (C=O) groups is 2. The Balaban J connectivity index is 1.85. The number of rotatable bonds is 5. The fourth-order valence-electron chi connectivity index (χ4n) is 3.52. The number of esters is 1. The quantitative estimate of drug-likeness (QED) is 0.482. The minimum Gasteiger partial charge on any atom is -0.462 e. The smallest absolute Gasteiger partial charge is 0.343 e. The Morgan fingerprint density at radius 3 is 2.59 bits per heavy atom. The molecule has 9 nitrogen and oxygen atoms in total. The van der Waals surface area contributed by atoms with Crippen molar-refractivity contribution < 1.29 is 14.3 Å². The lowest BCUT2D eigenvalue weighted by atomic mass is 10.0. The third-order valence-electron chi connectivity index (χ3n) is 4.95. The van der Waals surface area contributed by atoms with E-state index in [-0.39, 0.29) is 23.7 Å². The summed E-state index contributed by atoms with van der Waals surface area (Å²) in [7, 11) is 0. The molecule has 0 aliphatic carbocycles. The number of aryl methyl sites for hydroxylation is 3. The number of aromatic nitrogens is 5. The standard InChI is InChI=1S/C23H22N6O3/c1-5-32-23(31)17-11-26-29(21(17)28-22(30)18-12-24-6-7-25-18)19-10-14(3)16-9-13(2)8-15(4)20(16)27-19/h6-12H,5H2,1-4H3,(H,28,30). The van der Waals surface area contributed by atoms with E-state index in [1.165, 1.54) is 29.5 Å². The topological polar surface area (TPSA) is 112 Å². The van der Waals surface area contributed by atoms with Gasteiger partial charge in [-0.3, -0.25) is 9.78 Å². The van der Waals surface area contributed by atoms with Crippen LogP contribution in [0, 0.1) is 20.8 Å². The van der Waals surface area contributed by atoms with Gasteiger partial charge < -0.3 is 10.1 Å². The molecule has 0 aliphatic rings. The van der Waals surface area contributed by atoms with E-state index in [4.69, 9.17) is 9.72 Å². The van der Waals surface area contributed by atoms with Crippen molar-refractivity contribution in [2.45, 2.75) is 27.7 Å². The van der Waals surface area contributed by atoms with Crippen molar-refractivity contribution in [1.29, 1.82) is 0 Å². The van der Waals surface area contributed by atoms with Crippen LogP contribution in [0.3, 0.4) is 0 Å². The largest absolute Gasteiger partial charge is 0.462 e. The van der Waals surface area contributed by atoms with Crippen molar-refractivity contribution >= 4 is 28.6 Å². The molecule has 0 aliphatic heterocycles. The van der Waals surface area contributed by atoms with E-state index in [2.05, 4.69) is 32.5 Å². The highest BCUT2D eigenvalue weighted by Crippen LogP contribution is 2.27. The van der Waals surface area contributed by atoms with E-state index in [1.807, 2.05) is 26.8 Å². The lowest BCUT2D eigenvalue weighted by molar-refractivity contribution is 0.0527. The third kappa shape index (κ3) is 3.92. The van der Waals surface area contributed by atoms with Gasteiger partial charge in [0.25, 0.3) is 5.91 Å². The molecule has 162 valence electrons. The summed E-state index contributed by atoms with van der Waals surface area (Å²) < 4.78 is 6.56. The summed E-state index contributed by atoms with van der Waals surface area (Å²) in [5.41, 5.74) is 4.20. The molecule has 0 fully saturated rings. The highest BCUT2D eigenvalue weighted by molar-refractivity contribution is 6.06. The number of nitrogens with one attached hydrogen (secondary N) is 1. The van der Waals surface area contributed by atoms with Gasteiger partial charge in [0.15, 0.2) is 11.6 Å². The number of benzene rings is 1. The molecule has 3 heterocycles. The van der Waals surface area contributed by atoms with Gasteiger partial charge in [-0.1, -0.05) is 11.6 Å². The van der Waals surface area contributed by atoms with E-state index in [9.17, 15) is 9.59 Å². The van der Waals surface area contributed by atoms with Gasteiger partial charge in [0.05, 0.1) is 24.5 Å². The molecule has 1 aromatic carbocycles. The molecule has 0 radical (unpaired) electrons. The summed E-state index contributed by atoms with van der Waals surface area (Å²) >= 11 is 0. The molecule has 0 spiro atoms. The van der Waals surface area contributed by atoms with E-state index in [0.717, 1.165) is 27.6 Å². The molecule has 0 saturated heterocycles. The summed E-state index contributed by atoms with van der Waals surface area (Å²) in [5.74, 6) is -0.519. The summed E-state index contributed by atoms with van der Waals surface area (Å²) in [6, 6.07) is 6.00. The van der Waals surface area contributed by atoms with Crippen LogP contribution in [-0.4, -0.2) is 43.2 Å². The van der Waals surface area contributed by atoms with E-state index >= 15 is 0 Å². The second kappa shape index (κ2) is 8.54. The van der Waals surface area contributed by atoms with Crippen LogP contribution in [0.25, 0.3) is 16.7 Å². The molecule has 9 heteroatoms.